The molecule has 39 heavy (non-hydrogen) atoms. The molecule has 0 saturated carbocycles. The third kappa shape index (κ3) is 5.15. The number of furan rings is 1. The Morgan fingerprint density at radius 3 is 2.62 bits per heavy atom. The van der Waals surface area contributed by atoms with E-state index < -0.39 is 12.0 Å². The second kappa shape index (κ2) is 11.4. The van der Waals surface area contributed by atoms with Crippen LogP contribution in [0.25, 0.3) is 6.08 Å². The predicted molar refractivity (Wildman–Crippen MR) is 149 cm³/mol. The van der Waals surface area contributed by atoms with Crippen molar-refractivity contribution in [1.82, 2.24) is 4.57 Å². The van der Waals surface area contributed by atoms with Gasteiger partial charge >= 0.3 is 5.97 Å². The lowest BCUT2D eigenvalue weighted by molar-refractivity contribution is -0.139. The van der Waals surface area contributed by atoms with Gasteiger partial charge in [-0.05, 0) is 37.6 Å². The van der Waals surface area contributed by atoms with Crippen molar-refractivity contribution in [2.75, 3.05) is 52.0 Å². The minimum absolute atomic E-state index is 0.184. The summed E-state index contributed by atoms with van der Waals surface area (Å²) in [6, 6.07) is 6.42. The summed E-state index contributed by atoms with van der Waals surface area (Å²) in [6.07, 6.45) is 1.71. The molecule has 1 atom stereocenters. The summed E-state index contributed by atoms with van der Waals surface area (Å²) < 4.78 is 30.4. The van der Waals surface area contributed by atoms with Gasteiger partial charge in [0.05, 0.1) is 55.9 Å². The number of morpholine rings is 1. The molecule has 12 heteroatoms. The van der Waals surface area contributed by atoms with E-state index in [-0.39, 0.29) is 17.7 Å². The van der Waals surface area contributed by atoms with Crippen LogP contribution in [-0.4, -0.2) is 57.7 Å². The van der Waals surface area contributed by atoms with Crippen molar-refractivity contribution in [2.24, 2.45) is 4.99 Å². The summed E-state index contributed by atoms with van der Waals surface area (Å²) in [6.45, 7) is 6.43. The largest absolute Gasteiger partial charge is 0.493 e. The van der Waals surface area contributed by atoms with Gasteiger partial charge in [0, 0.05) is 29.7 Å². The number of nitrogens with zero attached hydrogens (tertiary/aromatic N) is 3. The molecular weight excluding hydrogens is 590 g/mol. The second-order valence-electron chi connectivity index (χ2n) is 8.81. The maximum atomic E-state index is 13.9. The first-order valence-corrected chi connectivity index (χ1v) is 14.0. The third-order valence-electron chi connectivity index (χ3n) is 6.52. The van der Waals surface area contributed by atoms with Crippen LogP contribution in [0.5, 0.6) is 11.5 Å². The van der Waals surface area contributed by atoms with Crippen molar-refractivity contribution in [3.05, 3.63) is 71.0 Å². The Balaban J connectivity index is 1.66. The van der Waals surface area contributed by atoms with E-state index in [1.165, 1.54) is 23.0 Å². The molecule has 0 N–H and O–H groups in total. The average Bonchev–Trinajstić information content (AvgIpc) is 3.52. The molecule has 0 radical (unpaired) electrons. The van der Waals surface area contributed by atoms with Gasteiger partial charge in [-0.1, -0.05) is 27.3 Å². The molecule has 0 spiro atoms. The summed E-state index contributed by atoms with van der Waals surface area (Å²) in [5, 5.41) is 0. The maximum Gasteiger partial charge on any atom is 0.338 e. The topological polar surface area (TPSA) is 105 Å². The normalized spacial score (nSPS) is 17.6. The lowest BCUT2D eigenvalue weighted by atomic mass is 9.95. The molecule has 0 aliphatic carbocycles. The van der Waals surface area contributed by atoms with Crippen LogP contribution in [0.1, 0.15) is 31.2 Å². The van der Waals surface area contributed by atoms with E-state index in [2.05, 4.69) is 25.8 Å². The van der Waals surface area contributed by atoms with E-state index in [1.54, 1.807) is 39.2 Å². The van der Waals surface area contributed by atoms with Crippen molar-refractivity contribution < 1.29 is 28.2 Å². The molecule has 1 aromatic carbocycles. The van der Waals surface area contributed by atoms with Crippen LogP contribution >= 0.6 is 27.3 Å². The number of benzene rings is 1. The number of carbonyl (C=O) groups is 1. The summed E-state index contributed by atoms with van der Waals surface area (Å²) in [5.41, 5.74) is 1.08. The molecule has 0 bridgehead atoms. The number of hydrogen-bond donors (Lipinski definition) is 0. The summed E-state index contributed by atoms with van der Waals surface area (Å²) in [7, 11) is 3.07. The van der Waals surface area contributed by atoms with Crippen molar-refractivity contribution >= 4 is 45.2 Å². The van der Waals surface area contributed by atoms with Gasteiger partial charge in [0.25, 0.3) is 5.56 Å². The standard InChI is InChI=1S/C27H28BrN3O7S/c1-5-37-26(33)23-15(2)29-27-31(24(23)17-13-19(34-3)20(35-4)14-18(17)28)25(32)21(39-27)12-16-6-7-22(38-16)30-8-10-36-11-9-30/h6-7,12-14,24H,5,8-11H2,1-4H3. The van der Waals surface area contributed by atoms with E-state index in [0.717, 1.165) is 19.0 Å². The summed E-state index contributed by atoms with van der Waals surface area (Å²) in [5.74, 6) is 1.70. The van der Waals surface area contributed by atoms with E-state index in [4.69, 9.17) is 23.4 Å². The summed E-state index contributed by atoms with van der Waals surface area (Å²) >= 11 is 4.84. The van der Waals surface area contributed by atoms with Crippen LogP contribution in [0.2, 0.25) is 0 Å². The molecule has 206 valence electrons. The number of carbonyl (C=O) groups excluding carboxylic acids is 1. The number of rotatable bonds is 7. The van der Waals surface area contributed by atoms with E-state index in [1.807, 2.05) is 12.1 Å². The van der Waals surface area contributed by atoms with Gasteiger partial charge in [-0.2, -0.15) is 0 Å². The van der Waals surface area contributed by atoms with Crippen LogP contribution in [0, 0.1) is 0 Å². The molecule has 2 aliphatic rings. The second-order valence-corrected chi connectivity index (χ2v) is 10.7. The fourth-order valence-corrected chi connectivity index (χ4v) is 6.23. The van der Waals surface area contributed by atoms with Gasteiger partial charge in [0.15, 0.2) is 22.2 Å². The van der Waals surface area contributed by atoms with Gasteiger partial charge in [-0.3, -0.25) is 9.36 Å². The highest BCUT2D eigenvalue weighted by molar-refractivity contribution is 9.10. The SMILES string of the molecule is CCOC(=O)C1=C(C)N=c2sc(=Cc3ccc(N4CCOCC4)o3)c(=O)n2C1c1cc(OC)c(OC)cc1Br. The van der Waals surface area contributed by atoms with Gasteiger partial charge in [-0.25, -0.2) is 9.79 Å². The highest BCUT2D eigenvalue weighted by atomic mass is 79.9. The zero-order valence-corrected chi connectivity index (χ0v) is 24.4. The third-order valence-corrected chi connectivity index (χ3v) is 8.19. The first-order valence-electron chi connectivity index (χ1n) is 12.4. The molecular formula is C27H28BrN3O7S. The van der Waals surface area contributed by atoms with Crippen LogP contribution in [0.3, 0.4) is 0 Å². The van der Waals surface area contributed by atoms with Gasteiger partial charge in [-0.15, -0.1) is 0 Å². The quantitative estimate of drug-likeness (QED) is 0.373. The molecule has 0 amide bonds. The number of methoxy groups -OCH3 is 2. The Morgan fingerprint density at radius 2 is 1.92 bits per heavy atom. The molecule has 2 aromatic heterocycles. The molecule has 4 heterocycles. The Hall–Kier alpha value is -3.35. The minimum atomic E-state index is -0.808. The van der Waals surface area contributed by atoms with E-state index in [9.17, 15) is 9.59 Å². The number of aromatic nitrogens is 1. The number of allylic oxidation sites excluding steroid dienone is 1. The molecule has 1 saturated heterocycles. The zero-order chi connectivity index (χ0) is 27.7. The van der Waals surface area contributed by atoms with Crippen molar-refractivity contribution in [2.45, 2.75) is 19.9 Å². The number of esters is 1. The Bertz CT molecular complexity index is 1610. The van der Waals surface area contributed by atoms with Crippen LogP contribution in [-0.2, 0) is 14.3 Å². The van der Waals surface area contributed by atoms with Crippen LogP contribution < -0.4 is 29.3 Å². The number of halogens is 1. The predicted octanol–water partition coefficient (Wildman–Crippen LogP) is 3.01. The fourth-order valence-electron chi connectivity index (χ4n) is 4.67. The summed E-state index contributed by atoms with van der Waals surface area (Å²) in [4.78, 5) is 34.3. The molecule has 1 fully saturated rings. The highest BCUT2D eigenvalue weighted by Gasteiger charge is 2.35. The lowest BCUT2D eigenvalue weighted by Gasteiger charge is -2.26. The van der Waals surface area contributed by atoms with Gasteiger partial charge in [0.1, 0.15) is 5.76 Å². The first-order chi connectivity index (χ1) is 18.9. The van der Waals surface area contributed by atoms with Crippen molar-refractivity contribution in [3.8, 4) is 11.5 Å². The zero-order valence-electron chi connectivity index (χ0n) is 22.0. The Labute approximate surface area is 236 Å². The van der Waals surface area contributed by atoms with E-state index in [0.29, 0.717) is 55.5 Å². The van der Waals surface area contributed by atoms with Crippen molar-refractivity contribution in [1.29, 1.82) is 0 Å². The number of anilines is 1. The number of fused-ring (bicyclic) bond motifs is 1. The number of ether oxygens (including phenoxy) is 4. The molecule has 5 rings (SSSR count). The molecule has 10 nitrogen and oxygen atoms in total. The van der Waals surface area contributed by atoms with Crippen LogP contribution in [0.4, 0.5) is 5.88 Å². The van der Waals surface area contributed by atoms with Gasteiger partial charge in [0.2, 0.25) is 0 Å². The molecule has 1 unspecified atom stereocenters. The Kier molecular flexibility index (Phi) is 7.96. The number of thiazole rings is 1. The lowest BCUT2D eigenvalue weighted by Crippen LogP contribution is -2.40. The molecule has 2 aliphatic heterocycles. The maximum absolute atomic E-state index is 13.9. The minimum Gasteiger partial charge on any atom is -0.493 e. The van der Waals surface area contributed by atoms with Crippen LogP contribution in [0.15, 0.2) is 54.2 Å². The average molecular weight is 619 g/mol. The highest BCUT2D eigenvalue weighted by Crippen LogP contribution is 2.40. The monoisotopic (exact) mass is 617 g/mol. The van der Waals surface area contributed by atoms with Crippen molar-refractivity contribution in [3.63, 3.8) is 0 Å². The smallest absolute Gasteiger partial charge is 0.338 e. The van der Waals surface area contributed by atoms with Gasteiger partial charge < -0.3 is 28.3 Å². The fraction of sp³-hybridized carbons (Fsp3) is 0.370. The number of hydrogen-bond acceptors (Lipinski definition) is 10. The molecule has 3 aromatic rings. The van der Waals surface area contributed by atoms with E-state index >= 15 is 0 Å². The first kappa shape index (κ1) is 27.2. The Morgan fingerprint density at radius 1 is 1.21 bits per heavy atom.